The van der Waals surface area contributed by atoms with E-state index in [0.29, 0.717) is 35.4 Å². The number of nitrogens with one attached hydrogen (secondary N) is 3. The third kappa shape index (κ3) is 2.57. The van der Waals surface area contributed by atoms with E-state index in [9.17, 15) is 19.7 Å². The molecule has 4 rings (SSSR count). The Hall–Kier alpha value is -3.07. The molecule has 1 aromatic heterocycles. The van der Waals surface area contributed by atoms with Crippen molar-refractivity contribution >= 4 is 29.5 Å². The summed E-state index contributed by atoms with van der Waals surface area (Å²) in [4.78, 5) is 41.2. The van der Waals surface area contributed by atoms with Gasteiger partial charge < -0.3 is 10.3 Å². The third-order valence-corrected chi connectivity index (χ3v) is 4.93. The minimum Gasteiger partial charge on any atom is -0.344 e. The van der Waals surface area contributed by atoms with E-state index in [0.717, 1.165) is 12.1 Å². The van der Waals surface area contributed by atoms with Crippen LogP contribution < -0.4 is 10.9 Å². The Morgan fingerprint density at radius 2 is 1.85 bits per heavy atom. The van der Waals surface area contributed by atoms with Crippen LogP contribution in [0.3, 0.4) is 0 Å². The molecule has 0 spiro atoms. The van der Waals surface area contributed by atoms with Crippen molar-refractivity contribution in [2.24, 2.45) is 0 Å². The minimum absolute atomic E-state index is 0.0189. The van der Waals surface area contributed by atoms with Gasteiger partial charge in [-0.25, -0.2) is 0 Å². The Bertz CT molecular complexity index is 1080. The molecule has 0 fully saturated rings. The second-order valence-electron chi connectivity index (χ2n) is 6.27. The molecule has 1 aromatic carbocycles. The summed E-state index contributed by atoms with van der Waals surface area (Å²) in [7, 11) is 0. The van der Waals surface area contributed by atoms with Gasteiger partial charge in [0.25, 0.3) is 11.2 Å². The lowest BCUT2D eigenvalue weighted by Crippen LogP contribution is -2.32. The molecule has 132 valence electrons. The highest BCUT2D eigenvalue weighted by Gasteiger charge is 2.37. The van der Waals surface area contributed by atoms with Gasteiger partial charge in [-0.15, -0.1) is 0 Å². The summed E-state index contributed by atoms with van der Waals surface area (Å²) in [5.74, 6) is -0.143. The topological polar surface area (TPSA) is 121 Å². The maximum atomic E-state index is 12.6. The van der Waals surface area contributed by atoms with Crippen molar-refractivity contribution in [1.82, 2.24) is 9.97 Å². The second-order valence-corrected chi connectivity index (χ2v) is 6.68. The summed E-state index contributed by atoms with van der Waals surface area (Å²) in [6.07, 6.45) is 1.84. The van der Waals surface area contributed by atoms with Crippen LogP contribution in [0.15, 0.2) is 40.3 Å². The number of anilines is 1. The van der Waals surface area contributed by atoms with Crippen LogP contribution in [0.1, 0.15) is 36.3 Å². The van der Waals surface area contributed by atoms with Crippen molar-refractivity contribution in [3.8, 4) is 0 Å². The lowest BCUT2D eigenvalue weighted by molar-refractivity contribution is -0.384. The predicted octanol–water partition coefficient (Wildman–Crippen LogP) is 2.91. The molecule has 0 radical (unpaired) electrons. The van der Waals surface area contributed by atoms with Crippen LogP contribution in [0.25, 0.3) is 0 Å². The number of hydrogen-bond acceptors (Lipinski definition) is 6. The SMILES string of the molecule is O=C1CCCC2=C1[C@@H](c1ccc([N+](=O)[O-])cc1)c1c([nH]c(=S)[nH]c1=O)N2. The highest BCUT2D eigenvalue weighted by Crippen LogP contribution is 2.43. The molecule has 1 atom stereocenters. The summed E-state index contributed by atoms with van der Waals surface area (Å²) in [5.41, 5.74) is 1.90. The van der Waals surface area contributed by atoms with E-state index < -0.39 is 10.8 Å². The molecule has 2 heterocycles. The average molecular weight is 370 g/mol. The third-order valence-electron chi connectivity index (χ3n) is 4.73. The number of non-ortho nitro benzene ring substituents is 1. The minimum atomic E-state index is -0.592. The normalized spacial score (nSPS) is 18.8. The molecule has 26 heavy (non-hydrogen) atoms. The Morgan fingerprint density at radius 1 is 1.12 bits per heavy atom. The first kappa shape index (κ1) is 16.4. The molecule has 9 heteroatoms. The maximum Gasteiger partial charge on any atom is 0.269 e. The van der Waals surface area contributed by atoms with Crippen LogP contribution >= 0.6 is 12.2 Å². The molecule has 0 amide bonds. The van der Waals surface area contributed by atoms with E-state index in [1.807, 2.05) is 0 Å². The molecule has 0 saturated carbocycles. The van der Waals surface area contributed by atoms with E-state index >= 15 is 0 Å². The van der Waals surface area contributed by atoms with Gasteiger partial charge in [-0.2, -0.15) is 0 Å². The molecule has 0 bridgehead atoms. The number of nitro groups is 1. The van der Waals surface area contributed by atoms with Gasteiger partial charge in [0.2, 0.25) is 0 Å². The number of allylic oxidation sites excluding steroid dienone is 2. The number of aromatic amines is 2. The van der Waals surface area contributed by atoms with Crippen LogP contribution in [0, 0.1) is 14.9 Å². The van der Waals surface area contributed by atoms with Gasteiger partial charge in [-0.1, -0.05) is 12.1 Å². The Balaban J connectivity index is 1.96. The fourth-order valence-corrected chi connectivity index (χ4v) is 3.81. The number of H-pyrrole nitrogens is 2. The van der Waals surface area contributed by atoms with E-state index in [2.05, 4.69) is 15.3 Å². The number of carbonyl (C=O) groups is 1. The molecule has 2 aliphatic rings. The number of benzene rings is 1. The highest BCUT2D eigenvalue weighted by atomic mass is 32.1. The summed E-state index contributed by atoms with van der Waals surface area (Å²) < 4.78 is 0.190. The Kier molecular flexibility index (Phi) is 3.80. The molecule has 8 nitrogen and oxygen atoms in total. The molecular formula is C17H14N4O4S. The highest BCUT2D eigenvalue weighted by molar-refractivity contribution is 7.71. The molecule has 2 aromatic rings. The van der Waals surface area contributed by atoms with E-state index in [-0.39, 0.29) is 21.8 Å². The number of Topliss-reactive ketones (excluding diaryl/α,β-unsaturated/α-hetero) is 1. The van der Waals surface area contributed by atoms with Gasteiger partial charge in [0.05, 0.1) is 10.5 Å². The first-order valence-corrected chi connectivity index (χ1v) is 8.50. The van der Waals surface area contributed by atoms with Crippen molar-refractivity contribution in [2.45, 2.75) is 25.2 Å². The van der Waals surface area contributed by atoms with Gasteiger partial charge >= 0.3 is 0 Å². The first-order chi connectivity index (χ1) is 12.5. The van der Waals surface area contributed by atoms with Gasteiger partial charge in [-0.3, -0.25) is 24.7 Å². The van der Waals surface area contributed by atoms with E-state index in [1.54, 1.807) is 12.1 Å². The zero-order valence-corrected chi connectivity index (χ0v) is 14.3. The number of fused-ring (bicyclic) bond motifs is 1. The molecule has 0 saturated heterocycles. The van der Waals surface area contributed by atoms with Crippen LogP contribution in [0.5, 0.6) is 0 Å². The number of ketones is 1. The standard InChI is InChI=1S/C17H14N4O4S/c22-11-3-1-2-10-13(11)12(8-4-6-9(7-5-8)21(24)25)14-15(18-10)19-17(26)20-16(14)23/h4-7,12H,1-3H2,(H3,18,19,20,23,26)/t12-/m1/s1. The van der Waals surface area contributed by atoms with Gasteiger partial charge in [0, 0.05) is 35.7 Å². The van der Waals surface area contributed by atoms with Crippen molar-refractivity contribution in [1.29, 1.82) is 0 Å². The van der Waals surface area contributed by atoms with Crippen molar-refractivity contribution in [2.75, 3.05) is 5.32 Å². The quantitative estimate of drug-likeness (QED) is 0.425. The summed E-state index contributed by atoms with van der Waals surface area (Å²) in [5, 5.41) is 14.1. The fourth-order valence-electron chi connectivity index (χ4n) is 3.62. The van der Waals surface area contributed by atoms with Crippen LogP contribution in [-0.4, -0.2) is 20.7 Å². The average Bonchev–Trinajstić information content (AvgIpc) is 2.60. The molecule has 1 aliphatic carbocycles. The van der Waals surface area contributed by atoms with Crippen LogP contribution in [-0.2, 0) is 4.79 Å². The van der Waals surface area contributed by atoms with Gasteiger partial charge in [-0.05, 0) is 30.6 Å². The molecular weight excluding hydrogens is 356 g/mol. The van der Waals surface area contributed by atoms with Crippen LogP contribution in [0.4, 0.5) is 11.5 Å². The first-order valence-electron chi connectivity index (χ1n) is 8.10. The number of nitrogens with zero attached hydrogens (tertiary/aromatic N) is 1. The van der Waals surface area contributed by atoms with Crippen LogP contribution in [0.2, 0.25) is 0 Å². The molecule has 3 N–H and O–H groups in total. The monoisotopic (exact) mass is 370 g/mol. The number of hydrogen-bond donors (Lipinski definition) is 3. The van der Waals surface area contributed by atoms with Gasteiger partial charge in [0.1, 0.15) is 5.82 Å². The number of aromatic nitrogens is 2. The summed E-state index contributed by atoms with van der Waals surface area (Å²) in [6, 6.07) is 5.94. The number of nitro benzene ring substituents is 1. The summed E-state index contributed by atoms with van der Waals surface area (Å²) >= 11 is 5.05. The number of carbonyl (C=O) groups excluding carboxylic acids is 1. The smallest absolute Gasteiger partial charge is 0.269 e. The van der Waals surface area contributed by atoms with Crippen molar-refractivity contribution < 1.29 is 9.72 Å². The second kappa shape index (κ2) is 6.03. The van der Waals surface area contributed by atoms with Crippen molar-refractivity contribution in [3.63, 3.8) is 0 Å². The van der Waals surface area contributed by atoms with Gasteiger partial charge in [0.15, 0.2) is 10.6 Å². The molecule has 1 aliphatic heterocycles. The largest absolute Gasteiger partial charge is 0.344 e. The van der Waals surface area contributed by atoms with Crippen molar-refractivity contribution in [3.05, 3.63) is 71.9 Å². The Morgan fingerprint density at radius 3 is 2.54 bits per heavy atom. The maximum absolute atomic E-state index is 12.6. The predicted molar refractivity (Wildman–Crippen MR) is 96.7 cm³/mol. The van der Waals surface area contributed by atoms with E-state index in [1.165, 1.54) is 12.1 Å². The number of rotatable bonds is 2. The summed E-state index contributed by atoms with van der Waals surface area (Å²) in [6.45, 7) is 0. The molecule has 0 unspecified atom stereocenters. The fraction of sp³-hybridized carbons (Fsp3) is 0.235. The lowest BCUT2D eigenvalue weighted by atomic mass is 9.76. The zero-order valence-electron chi connectivity index (χ0n) is 13.5. The zero-order chi connectivity index (χ0) is 18.4. The Labute approximate surface area is 152 Å². The van der Waals surface area contributed by atoms with E-state index in [4.69, 9.17) is 12.2 Å². The lowest BCUT2D eigenvalue weighted by Gasteiger charge is -2.32.